The highest BCUT2D eigenvalue weighted by Crippen LogP contribution is 2.39. The van der Waals surface area contributed by atoms with E-state index in [4.69, 9.17) is 9.47 Å². The maximum atomic E-state index is 11.8. The Labute approximate surface area is 128 Å². The molecule has 1 aromatic rings. The summed E-state index contributed by atoms with van der Waals surface area (Å²) in [7, 11) is 0. The minimum atomic E-state index is -1.07. The topological polar surface area (TPSA) is 76.0 Å². The Bertz CT molecular complexity index is 480. The van der Waals surface area contributed by atoms with Gasteiger partial charge < -0.3 is 19.7 Å². The molecule has 1 aliphatic rings. The molecule has 5 nitrogen and oxygen atoms in total. The van der Waals surface area contributed by atoms with Crippen molar-refractivity contribution in [2.75, 3.05) is 12.4 Å². The van der Waals surface area contributed by atoms with E-state index < -0.39 is 29.2 Å². The number of carbonyl (C=O) groups excluding carboxylic acids is 1. The van der Waals surface area contributed by atoms with E-state index in [1.54, 1.807) is 31.2 Å². The third-order valence-corrected chi connectivity index (χ3v) is 4.65. The molecule has 2 N–H and O–H groups in total. The summed E-state index contributed by atoms with van der Waals surface area (Å²) in [5.41, 5.74) is 0.441. The fourth-order valence-electron chi connectivity index (χ4n) is 2.31. The molecule has 1 fully saturated rings. The number of benzene rings is 1. The van der Waals surface area contributed by atoms with Crippen LogP contribution < -0.4 is 0 Å². The van der Waals surface area contributed by atoms with Gasteiger partial charge in [-0.1, -0.05) is 25.1 Å². The van der Waals surface area contributed by atoms with E-state index in [-0.39, 0.29) is 6.61 Å². The van der Waals surface area contributed by atoms with Gasteiger partial charge in [-0.3, -0.25) is 0 Å². The third-order valence-electron chi connectivity index (χ3n) is 3.45. The molecule has 0 unspecified atom stereocenters. The first-order chi connectivity index (χ1) is 9.98. The fraction of sp³-hybridized carbons (Fsp3) is 0.533. The largest absolute Gasteiger partial charge is 0.459 e. The van der Waals surface area contributed by atoms with E-state index in [0.29, 0.717) is 5.56 Å². The third kappa shape index (κ3) is 3.58. The average molecular weight is 312 g/mol. The monoisotopic (exact) mass is 312 g/mol. The van der Waals surface area contributed by atoms with Gasteiger partial charge in [-0.2, -0.15) is 0 Å². The van der Waals surface area contributed by atoms with Gasteiger partial charge in [-0.05, 0) is 24.8 Å². The second-order valence-corrected chi connectivity index (χ2v) is 6.68. The maximum absolute atomic E-state index is 11.8. The normalized spacial score (nSPS) is 32.1. The molecular weight excluding hydrogens is 292 g/mol. The number of aliphatic hydroxyl groups is 2. The number of carbonyl (C=O) groups is 1. The van der Waals surface area contributed by atoms with E-state index in [1.807, 2.05) is 13.0 Å². The molecule has 2 rings (SSSR count). The van der Waals surface area contributed by atoms with E-state index in [0.717, 1.165) is 5.75 Å². The van der Waals surface area contributed by atoms with Gasteiger partial charge in [0, 0.05) is 0 Å². The van der Waals surface area contributed by atoms with Crippen LogP contribution in [0.4, 0.5) is 0 Å². The lowest BCUT2D eigenvalue weighted by Gasteiger charge is -2.26. The molecule has 6 heteroatoms. The van der Waals surface area contributed by atoms with Crippen molar-refractivity contribution in [3.63, 3.8) is 0 Å². The Morgan fingerprint density at radius 3 is 2.67 bits per heavy atom. The Morgan fingerprint density at radius 1 is 1.38 bits per heavy atom. The van der Waals surface area contributed by atoms with Crippen molar-refractivity contribution in [1.82, 2.24) is 0 Å². The van der Waals surface area contributed by atoms with Crippen LogP contribution in [0.3, 0.4) is 0 Å². The van der Waals surface area contributed by atoms with Crippen LogP contribution in [-0.4, -0.2) is 51.8 Å². The number of thioether (sulfide) groups is 1. The molecule has 0 radical (unpaired) electrons. The lowest BCUT2D eigenvalue weighted by atomic mass is 10.1. The molecule has 0 saturated carbocycles. The summed E-state index contributed by atoms with van der Waals surface area (Å²) in [4.78, 5) is 11.0. The molecule has 0 amide bonds. The van der Waals surface area contributed by atoms with Crippen LogP contribution in [0.25, 0.3) is 0 Å². The van der Waals surface area contributed by atoms with Crippen molar-refractivity contribution in [1.29, 1.82) is 0 Å². The Kier molecular flexibility index (Phi) is 5.27. The first kappa shape index (κ1) is 16.3. The summed E-state index contributed by atoms with van der Waals surface area (Å²) >= 11 is 1.41. The summed E-state index contributed by atoms with van der Waals surface area (Å²) in [6.07, 6.45) is -2.81. The van der Waals surface area contributed by atoms with Gasteiger partial charge in [0.2, 0.25) is 0 Å². The fourth-order valence-corrected chi connectivity index (χ4v) is 3.38. The molecule has 0 spiro atoms. The zero-order valence-electron chi connectivity index (χ0n) is 12.1. The number of hydrogen-bond donors (Lipinski definition) is 2. The summed E-state index contributed by atoms with van der Waals surface area (Å²) in [6.45, 7) is 3.58. The zero-order chi connectivity index (χ0) is 15.5. The summed E-state index contributed by atoms with van der Waals surface area (Å²) < 4.78 is 10.8. The van der Waals surface area contributed by atoms with E-state index in [1.165, 1.54) is 11.8 Å². The number of aliphatic hydroxyl groups excluding tert-OH is 2. The molecule has 116 valence electrons. The van der Waals surface area contributed by atoms with Gasteiger partial charge in [0.05, 0.1) is 5.56 Å². The molecule has 0 aliphatic carbocycles. The second kappa shape index (κ2) is 6.79. The van der Waals surface area contributed by atoms with Gasteiger partial charge >= 0.3 is 5.97 Å². The zero-order valence-corrected chi connectivity index (χ0v) is 12.9. The van der Waals surface area contributed by atoms with Gasteiger partial charge in [-0.15, -0.1) is 11.8 Å². The summed E-state index contributed by atoms with van der Waals surface area (Å²) in [5.74, 6) is 0.272. The second-order valence-electron chi connectivity index (χ2n) is 5.01. The standard InChI is InChI=1S/C15H20O5S/c1-3-21-15(2)13(17)12(16)11(20-15)9-19-14(18)10-7-5-4-6-8-10/h4-8,11-13,16-17H,3,9H2,1-2H3/t11-,12+,13-,15+/m1/s1. The van der Waals surface area contributed by atoms with Crippen LogP contribution in [0.15, 0.2) is 30.3 Å². The Morgan fingerprint density at radius 2 is 2.05 bits per heavy atom. The first-order valence-electron chi connectivity index (χ1n) is 6.88. The maximum Gasteiger partial charge on any atom is 0.338 e. The van der Waals surface area contributed by atoms with E-state index >= 15 is 0 Å². The Hall–Kier alpha value is -1.08. The van der Waals surface area contributed by atoms with Crippen molar-refractivity contribution in [3.05, 3.63) is 35.9 Å². The van der Waals surface area contributed by atoms with Crippen molar-refractivity contribution in [2.24, 2.45) is 0 Å². The Balaban J connectivity index is 1.93. The van der Waals surface area contributed by atoms with Crippen LogP contribution in [0, 0.1) is 0 Å². The molecule has 1 aliphatic heterocycles. The van der Waals surface area contributed by atoms with Gasteiger partial charge in [0.25, 0.3) is 0 Å². The lowest BCUT2D eigenvalue weighted by molar-refractivity contribution is -0.0390. The SMILES string of the molecule is CCS[C@]1(C)O[C@H](COC(=O)c2ccccc2)[C@H](O)[C@H]1O. The van der Waals surface area contributed by atoms with E-state index in [9.17, 15) is 15.0 Å². The lowest BCUT2D eigenvalue weighted by Crippen LogP contribution is -2.38. The molecule has 1 aromatic carbocycles. The van der Waals surface area contributed by atoms with Crippen LogP contribution in [0.5, 0.6) is 0 Å². The minimum absolute atomic E-state index is 0.0914. The molecule has 4 atom stereocenters. The van der Waals surface area contributed by atoms with Gasteiger partial charge in [0.15, 0.2) is 0 Å². The molecule has 1 heterocycles. The van der Waals surface area contributed by atoms with Crippen molar-refractivity contribution >= 4 is 17.7 Å². The first-order valence-corrected chi connectivity index (χ1v) is 7.86. The highest BCUT2D eigenvalue weighted by molar-refractivity contribution is 8.00. The molecular formula is C15H20O5S. The average Bonchev–Trinajstić information content (AvgIpc) is 2.70. The molecule has 0 bridgehead atoms. The van der Waals surface area contributed by atoms with Crippen LogP contribution in [-0.2, 0) is 9.47 Å². The van der Waals surface area contributed by atoms with Crippen molar-refractivity contribution < 1.29 is 24.5 Å². The molecule has 21 heavy (non-hydrogen) atoms. The quantitative estimate of drug-likeness (QED) is 0.801. The molecule has 1 saturated heterocycles. The molecule has 0 aromatic heterocycles. The van der Waals surface area contributed by atoms with Gasteiger partial charge in [0.1, 0.15) is 29.9 Å². The van der Waals surface area contributed by atoms with E-state index in [2.05, 4.69) is 0 Å². The minimum Gasteiger partial charge on any atom is -0.459 e. The van der Waals surface area contributed by atoms with Crippen LogP contribution in [0.2, 0.25) is 0 Å². The van der Waals surface area contributed by atoms with Gasteiger partial charge in [-0.25, -0.2) is 4.79 Å². The highest BCUT2D eigenvalue weighted by atomic mass is 32.2. The predicted octanol–water partition coefficient (Wildman–Crippen LogP) is 1.43. The number of hydrogen-bond acceptors (Lipinski definition) is 6. The predicted molar refractivity (Wildman–Crippen MR) is 80.1 cm³/mol. The summed E-state index contributed by atoms with van der Waals surface area (Å²) in [5, 5.41) is 20.1. The van der Waals surface area contributed by atoms with Crippen LogP contribution in [0.1, 0.15) is 24.2 Å². The number of rotatable bonds is 5. The van der Waals surface area contributed by atoms with Crippen LogP contribution >= 0.6 is 11.8 Å². The number of ether oxygens (including phenoxy) is 2. The summed E-state index contributed by atoms with van der Waals surface area (Å²) in [6, 6.07) is 8.61. The smallest absolute Gasteiger partial charge is 0.338 e. The number of esters is 1. The highest BCUT2D eigenvalue weighted by Gasteiger charge is 2.51. The van der Waals surface area contributed by atoms with Crippen molar-refractivity contribution in [3.8, 4) is 0 Å². The van der Waals surface area contributed by atoms with Crippen molar-refractivity contribution in [2.45, 2.75) is 37.1 Å².